The molecule has 1 aliphatic heterocycles. The van der Waals surface area contributed by atoms with Crippen molar-refractivity contribution in [2.75, 3.05) is 20.2 Å². The number of amides is 1. The molecule has 0 radical (unpaired) electrons. The molecule has 0 unspecified atom stereocenters. The Balaban J connectivity index is 1.92. The standard InChI is InChI=1S/C15H18N2O3/c1-20-14-6-2-5-12-11(14)8-13(16-12)15(19)17-7-3-4-10(18)9-17/h2,5-6,8,10,16,18H,3-4,7,9H2,1H3/t10-/m0/s1. The van der Waals surface area contributed by atoms with E-state index < -0.39 is 6.10 Å². The molecular formula is C15H18N2O3. The zero-order valence-corrected chi connectivity index (χ0v) is 11.4. The number of likely N-dealkylation sites (tertiary alicyclic amines) is 1. The first-order valence-electron chi connectivity index (χ1n) is 6.82. The number of aromatic nitrogens is 1. The number of rotatable bonds is 2. The van der Waals surface area contributed by atoms with Crippen molar-refractivity contribution in [2.45, 2.75) is 18.9 Å². The van der Waals surface area contributed by atoms with E-state index in [1.165, 1.54) is 0 Å². The average molecular weight is 274 g/mol. The lowest BCUT2D eigenvalue weighted by Crippen LogP contribution is -2.42. The third-order valence-corrected chi connectivity index (χ3v) is 3.76. The molecule has 5 heteroatoms. The minimum absolute atomic E-state index is 0.0676. The summed E-state index contributed by atoms with van der Waals surface area (Å²) in [5, 5.41) is 10.6. The lowest BCUT2D eigenvalue weighted by molar-refractivity contribution is 0.0470. The number of fused-ring (bicyclic) bond motifs is 1. The van der Waals surface area contributed by atoms with Gasteiger partial charge in [0.25, 0.3) is 5.91 Å². The summed E-state index contributed by atoms with van der Waals surface area (Å²) in [4.78, 5) is 17.3. The summed E-state index contributed by atoms with van der Waals surface area (Å²) < 4.78 is 5.30. The van der Waals surface area contributed by atoms with Crippen molar-refractivity contribution < 1.29 is 14.6 Å². The fourth-order valence-corrected chi connectivity index (χ4v) is 2.73. The maximum absolute atomic E-state index is 12.5. The summed E-state index contributed by atoms with van der Waals surface area (Å²) in [6.45, 7) is 1.10. The molecule has 106 valence electrons. The highest BCUT2D eigenvalue weighted by atomic mass is 16.5. The van der Waals surface area contributed by atoms with E-state index in [2.05, 4.69) is 4.98 Å². The Morgan fingerprint density at radius 3 is 3.10 bits per heavy atom. The molecule has 2 aromatic rings. The first kappa shape index (κ1) is 13.0. The molecule has 1 aromatic heterocycles. The third-order valence-electron chi connectivity index (χ3n) is 3.76. The molecule has 1 saturated heterocycles. The van der Waals surface area contributed by atoms with Crippen LogP contribution in [0.1, 0.15) is 23.3 Å². The fourth-order valence-electron chi connectivity index (χ4n) is 2.73. The van der Waals surface area contributed by atoms with Crippen molar-refractivity contribution in [1.29, 1.82) is 0 Å². The predicted octanol–water partition coefficient (Wildman–Crippen LogP) is 1.77. The minimum Gasteiger partial charge on any atom is -0.496 e. The highest BCUT2D eigenvalue weighted by Crippen LogP contribution is 2.26. The van der Waals surface area contributed by atoms with Crippen LogP contribution in [0.25, 0.3) is 10.9 Å². The zero-order chi connectivity index (χ0) is 14.1. The van der Waals surface area contributed by atoms with Crippen LogP contribution < -0.4 is 4.74 Å². The highest BCUT2D eigenvalue weighted by molar-refractivity contribution is 5.99. The second-order valence-corrected chi connectivity index (χ2v) is 5.15. The Kier molecular flexibility index (Phi) is 3.36. The normalized spacial score (nSPS) is 19.3. The number of nitrogens with one attached hydrogen (secondary N) is 1. The zero-order valence-electron chi connectivity index (χ0n) is 11.4. The van der Waals surface area contributed by atoms with Gasteiger partial charge in [-0.25, -0.2) is 0 Å². The number of carbonyl (C=O) groups is 1. The molecule has 2 N–H and O–H groups in total. The number of methoxy groups -OCH3 is 1. The molecule has 0 aliphatic carbocycles. The Morgan fingerprint density at radius 1 is 1.50 bits per heavy atom. The number of hydrogen-bond acceptors (Lipinski definition) is 3. The molecule has 2 heterocycles. The summed E-state index contributed by atoms with van der Waals surface area (Å²) in [7, 11) is 1.62. The molecule has 1 fully saturated rings. The molecule has 1 aliphatic rings. The van der Waals surface area contributed by atoms with Crippen LogP contribution in [0.3, 0.4) is 0 Å². The number of aliphatic hydroxyl groups excluding tert-OH is 1. The topological polar surface area (TPSA) is 65.6 Å². The number of H-pyrrole nitrogens is 1. The lowest BCUT2D eigenvalue weighted by atomic mass is 10.1. The minimum atomic E-state index is -0.411. The van der Waals surface area contributed by atoms with Gasteiger partial charge in [0, 0.05) is 24.0 Å². The third kappa shape index (κ3) is 2.25. The summed E-state index contributed by atoms with van der Waals surface area (Å²) in [6, 6.07) is 7.49. The SMILES string of the molecule is COc1cccc2[nH]c(C(=O)N3CCC[C@H](O)C3)cc12. The van der Waals surface area contributed by atoms with Crippen molar-refractivity contribution in [3.05, 3.63) is 30.0 Å². The number of carbonyl (C=O) groups excluding carboxylic acids is 1. The Morgan fingerprint density at radius 2 is 2.35 bits per heavy atom. The van der Waals surface area contributed by atoms with E-state index in [1.807, 2.05) is 24.3 Å². The summed E-state index contributed by atoms with van der Waals surface area (Å²) in [5.41, 5.74) is 1.42. The average Bonchev–Trinajstić information content (AvgIpc) is 2.90. The lowest BCUT2D eigenvalue weighted by Gasteiger charge is -2.29. The first-order chi connectivity index (χ1) is 9.69. The van der Waals surface area contributed by atoms with Gasteiger partial charge in [-0.15, -0.1) is 0 Å². The van der Waals surface area contributed by atoms with Gasteiger partial charge in [-0.05, 0) is 31.0 Å². The maximum Gasteiger partial charge on any atom is 0.270 e. The van der Waals surface area contributed by atoms with E-state index in [0.717, 1.165) is 29.5 Å². The van der Waals surface area contributed by atoms with Crippen molar-refractivity contribution >= 4 is 16.8 Å². The van der Waals surface area contributed by atoms with E-state index in [9.17, 15) is 9.90 Å². The highest BCUT2D eigenvalue weighted by Gasteiger charge is 2.24. The van der Waals surface area contributed by atoms with Crippen LogP contribution in [0.5, 0.6) is 5.75 Å². The van der Waals surface area contributed by atoms with Crippen molar-refractivity contribution in [3.63, 3.8) is 0 Å². The molecule has 5 nitrogen and oxygen atoms in total. The second-order valence-electron chi connectivity index (χ2n) is 5.15. The monoisotopic (exact) mass is 274 g/mol. The molecule has 20 heavy (non-hydrogen) atoms. The first-order valence-corrected chi connectivity index (χ1v) is 6.82. The molecule has 1 atom stereocenters. The number of hydrogen-bond donors (Lipinski definition) is 2. The smallest absolute Gasteiger partial charge is 0.270 e. The largest absolute Gasteiger partial charge is 0.496 e. The van der Waals surface area contributed by atoms with Crippen molar-refractivity contribution in [3.8, 4) is 5.75 Å². The summed E-state index contributed by atoms with van der Waals surface area (Å²) in [6.07, 6.45) is 1.20. The maximum atomic E-state index is 12.5. The van der Waals surface area contributed by atoms with Crippen LogP contribution in [0, 0.1) is 0 Å². The van der Waals surface area contributed by atoms with Crippen molar-refractivity contribution in [2.24, 2.45) is 0 Å². The van der Waals surface area contributed by atoms with Gasteiger partial charge < -0.3 is 19.7 Å². The number of nitrogens with zero attached hydrogens (tertiary/aromatic N) is 1. The Labute approximate surface area is 117 Å². The van der Waals surface area contributed by atoms with E-state index in [4.69, 9.17) is 4.74 Å². The van der Waals surface area contributed by atoms with Gasteiger partial charge in [-0.3, -0.25) is 4.79 Å². The molecule has 0 bridgehead atoms. The summed E-state index contributed by atoms with van der Waals surface area (Å²) >= 11 is 0. The Hall–Kier alpha value is -2.01. The number of ether oxygens (including phenoxy) is 1. The number of aliphatic hydroxyl groups is 1. The van der Waals surface area contributed by atoms with Gasteiger partial charge in [-0.2, -0.15) is 0 Å². The van der Waals surface area contributed by atoms with Gasteiger partial charge >= 0.3 is 0 Å². The van der Waals surface area contributed by atoms with Crippen molar-refractivity contribution in [1.82, 2.24) is 9.88 Å². The van der Waals surface area contributed by atoms with E-state index in [-0.39, 0.29) is 5.91 Å². The van der Waals surface area contributed by atoms with Crippen LogP contribution in [-0.4, -0.2) is 47.2 Å². The predicted molar refractivity (Wildman–Crippen MR) is 76.0 cm³/mol. The molecule has 0 saturated carbocycles. The number of aromatic amines is 1. The van der Waals surface area contributed by atoms with Crippen LogP contribution in [-0.2, 0) is 0 Å². The van der Waals surface area contributed by atoms with Gasteiger partial charge in [-0.1, -0.05) is 6.07 Å². The molecule has 1 amide bonds. The van der Waals surface area contributed by atoms with Gasteiger partial charge in [0.2, 0.25) is 0 Å². The van der Waals surface area contributed by atoms with E-state index in [0.29, 0.717) is 18.8 Å². The number of piperidine rings is 1. The van der Waals surface area contributed by atoms with Crippen LogP contribution >= 0.6 is 0 Å². The molecule has 1 aromatic carbocycles. The fraction of sp³-hybridized carbons (Fsp3) is 0.400. The van der Waals surface area contributed by atoms with Crippen LogP contribution in [0.2, 0.25) is 0 Å². The van der Waals surface area contributed by atoms with E-state index in [1.54, 1.807) is 12.0 Å². The number of benzene rings is 1. The molecule has 0 spiro atoms. The number of β-amino-alcohol motifs (C(OH)–C–C–N with tert-alkyl or cyclic N) is 1. The van der Waals surface area contributed by atoms with Crippen LogP contribution in [0.15, 0.2) is 24.3 Å². The molecule has 3 rings (SSSR count). The quantitative estimate of drug-likeness (QED) is 0.877. The Bertz CT molecular complexity index is 635. The summed E-state index contributed by atoms with van der Waals surface area (Å²) in [5.74, 6) is 0.679. The van der Waals surface area contributed by atoms with E-state index >= 15 is 0 Å². The van der Waals surface area contributed by atoms with Gasteiger partial charge in [0.05, 0.1) is 13.2 Å². The van der Waals surface area contributed by atoms with Gasteiger partial charge in [0.15, 0.2) is 0 Å². The molecular weight excluding hydrogens is 256 g/mol. The van der Waals surface area contributed by atoms with Crippen LogP contribution in [0.4, 0.5) is 0 Å². The van der Waals surface area contributed by atoms with Gasteiger partial charge in [0.1, 0.15) is 11.4 Å². The second kappa shape index (κ2) is 5.17.